The number of alkyl halides is 2. The Balaban J connectivity index is 2.15. The van der Waals surface area contributed by atoms with Crippen molar-refractivity contribution in [3.63, 3.8) is 0 Å². The fraction of sp³-hybridized carbons (Fsp3) is 0.500. The van der Waals surface area contributed by atoms with Gasteiger partial charge in [0.25, 0.3) is 0 Å². The first kappa shape index (κ1) is 13.1. The van der Waals surface area contributed by atoms with Gasteiger partial charge in [0.05, 0.1) is 0 Å². The van der Waals surface area contributed by atoms with Crippen LogP contribution < -0.4 is 0 Å². The molecular weight excluding hydrogens is 319 g/mol. The first-order chi connectivity index (χ1) is 8.18. The standard InChI is InChI=1S/C16H23I/c1-13-8-10-16(11-9-13)15(3)17-12-6-4-5-7-14(17)2/h8-11,14H,3-7,12H2,1-2H3/t14-/m1/s1. The van der Waals surface area contributed by atoms with Gasteiger partial charge >= 0.3 is 113 Å². The van der Waals surface area contributed by atoms with Crippen LogP contribution in [0, 0.1) is 6.92 Å². The van der Waals surface area contributed by atoms with Crippen LogP contribution in [-0.4, -0.2) is 8.35 Å². The molecule has 0 radical (unpaired) electrons. The molecule has 1 saturated heterocycles. The average Bonchev–Trinajstić information content (AvgIpc) is 2.54. The van der Waals surface area contributed by atoms with E-state index in [-0.39, 0.29) is 0 Å². The van der Waals surface area contributed by atoms with Crippen LogP contribution in [0.2, 0.25) is 0 Å². The third-order valence-corrected chi connectivity index (χ3v) is 11.0. The second kappa shape index (κ2) is 6.03. The molecule has 0 bridgehead atoms. The molecule has 0 unspecified atom stereocenters. The van der Waals surface area contributed by atoms with E-state index in [1.807, 2.05) is 0 Å². The van der Waals surface area contributed by atoms with Crippen molar-refractivity contribution in [1.29, 1.82) is 0 Å². The van der Waals surface area contributed by atoms with Gasteiger partial charge in [-0.1, -0.05) is 0 Å². The van der Waals surface area contributed by atoms with Crippen LogP contribution in [0.25, 0.3) is 3.58 Å². The molecule has 94 valence electrons. The summed E-state index contributed by atoms with van der Waals surface area (Å²) in [4.78, 5) is 0. The van der Waals surface area contributed by atoms with Crippen LogP contribution in [0.4, 0.5) is 0 Å². The van der Waals surface area contributed by atoms with Crippen molar-refractivity contribution < 1.29 is 0 Å². The number of hydrogen-bond acceptors (Lipinski definition) is 0. The number of hydrogen-bond donors (Lipinski definition) is 0. The number of rotatable bonds is 2. The minimum absolute atomic E-state index is 0.954. The Bertz CT molecular complexity index is 377. The predicted octanol–water partition coefficient (Wildman–Crippen LogP) is 5.43. The molecule has 1 atom stereocenters. The molecule has 1 aliphatic heterocycles. The summed E-state index contributed by atoms with van der Waals surface area (Å²) < 4.78 is 3.96. The summed E-state index contributed by atoms with van der Waals surface area (Å²) in [5.41, 5.74) is 2.76. The summed E-state index contributed by atoms with van der Waals surface area (Å²) >= 11 is -0.987. The molecule has 17 heavy (non-hydrogen) atoms. The molecule has 0 nitrogen and oxygen atoms in total. The van der Waals surface area contributed by atoms with Crippen molar-refractivity contribution in [2.45, 2.75) is 43.5 Å². The minimum atomic E-state index is -0.987. The molecular formula is C16H23I. The normalized spacial score (nSPS) is 23.2. The van der Waals surface area contributed by atoms with Crippen LogP contribution in [0.1, 0.15) is 43.7 Å². The van der Waals surface area contributed by atoms with E-state index in [2.05, 4.69) is 44.7 Å². The van der Waals surface area contributed by atoms with E-state index in [4.69, 9.17) is 0 Å². The maximum absolute atomic E-state index is 4.44. The number of halogens is 1. The van der Waals surface area contributed by atoms with Gasteiger partial charge in [0, 0.05) is 0 Å². The van der Waals surface area contributed by atoms with Gasteiger partial charge in [-0.25, -0.2) is 0 Å². The maximum atomic E-state index is 4.44. The summed E-state index contributed by atoms with van der Waals surface area (Å²) in [6.45, 7) is 9.06. The Morgan fingerprint density at radius 1 is 1.18 bits per heavy atom. The van der Waals surface area contributed by atoms with Gasteiger partial charge in [-0.2, -0.15) is 0 Å². The first-order valence-corrected chi connectivity index (χ1v) is 10.4. The van der Waals surface area contributed by atoms with Gasteiger partial charge in [0.15, 0.2) is 0 Å². The monoisotopic (exact) mass is 342 g/mol. The molecule has 0 amide bonds. The van der Waals surface area contributed by atoms with Gasteiger partial charge in [-0.05, 0) is 0 Å². The van der Waals surface area contributed by atoms with Crippen LogP contribution in [0.15, 0.2) is 30.8 Å². The summed E-state index contributed by atoms with van der Waals surface area (Å²) in [5.74, 6) is 0. The van der Waals surface area contributed by atoms with E-state index in [9.17, 15) is 0 Å². The quantitative estimate of drug-likeness (QED) is 0.496. The third kappa shape index (κ3) is 3.34. The van der Waals surface area contributed by atoms with E-state index < -0.39 is 19.8 Å². The van der Waals surface area contributed by atoms with E-state index in [1.165, 1.54) is 44.8 Å². The van der Waals surface area contributed by atoms with Crippen molar-refractivity contribution in [1.82, 2.24) is 0 Å². The van der Waals surface area contributed by atoms with Crippen molar-refractivity contribution in [3.8, 4) is 0 Å². The molecule has 0 N–H and O–H groups in total. The van der Waals surface area contributed by atoms with Gasteiger partial charge < -0.3 is 0 Å². The predicted molar refractivity (Wildman–Crippen MR) is 87.0 cm³/mol. The Morgan fingerprint density at radius 3 is 2.59 bits per heavy atom. The van der Waals surface area contributed by atoms with E-state index in [0.29, 0.717) is 0 Å². The number of aryl methyl sites for hydroxylation is 1. The Kier molecular flexibility index (Phi) is 4.66. The Morgan fingerprint density at radius 2 is 1.88 bits per heavy atom. The third-order valence-electron chi connectivity index (χ3n) is 3.55. The topological polar surface area (TPSA) is 0 Å². The fourth-order valence-corrected chi connectivity index (χ4v) is 9.08. The molecule has 1 aromatic rings. The van der Waals surface area contributed by atoms with E-state index >= 15 is 0 Å². The molecule has 1 aliphatic rings. The van der Waals surface area contributed by atoms with Crippen LogP contribution in [-0.2, 0) is 0 Å². The zero-order chi connectivity index (χ0) is 12.3. The molecule has 0 saturated carbocycles. The molecule has 2 rings (SSSR count). The Labute approximate surface area is 113 Å². The van der Waals surface area contributed by atoms with Gasteiger partial charge in [0.2, 0.25) is 0 Å². The molecule has 1 fully saturated rings. The average molecular weight is 342 g/mol. The molecule has 0 spiro atoms. The second-order valence-corrected chi connectivity index (χ2v) is 11.8. The molecule has 0 aliphatic carbocycles. The van der Waals surface area contributed by atoms with Crippen molar-refractivity contribution in [2.75, 3.05) is 4.43 Å². The van der Waals surface area contributed by atoms with Crippen LogP contribution in [0.3, 0.4) is 0 Å². The zero-order valence-corrected chi connectivity index (χ0v) is 13.2. The van der Waals surface area contributed by atoms with E-state index in [1.54, 1.807) is 0 Å². The Hall–Kier alpha value is -0.310. The van der Waals surface area contributed by atoms with Crippen molar-refractivity contribution in [3.05, 3.63) is 42.0 Å². The van der Waals surface area contributed by atoms with Crippen LogP contribution >= 0.6 is 19.8 Å². The number of benzene rings is 1. The van der Waals surface area contributed by atoms with Gasteiger partial charge in [-0.15, -0.1) is 0 Å². The molecule has 1 aromatic carbocycles. The summed E-state index contributed by atoms with van der Waals surface area (Å²) in [5, 5.41) is 0. The fourth-order valence-electron chi connectivity index (χ4n) is 2.37. The summed E-state index contributed by atoms with van der Waals surface area (Å²) in [7, 11) is 0. The van der Waals surface area contributed by atoms with E-state index in [0.717, 1.165) is 3.92 Å². The summed E-state index contributed by atoms with van der Waals surface area (Å²) in [6.07, 6.45) is 5.77. The van der Waals surface area contributed by atoms with Crippen LogP contribution in [0.5, 0.6) is 0 Å². The summed E-state index contributed by atoms with van der Waals surface area (Å²) in [6, 6.07) is 8.98. The van der Waals surface area contributed by atoms with Crippen molar-refractivity contribution in [2.24, 2.45) is 0 Å². The van der Waals surface area contributed by atoms with Crippen molar-refractivity contribution >= 4 is 23.4 Å². The zero-order valence-electron chi connectivity index (χ0n) is 11.0. The molecule has 1 heteroatoms. The molecule has 1 heterocycles. The molecule has 0 aromatic heterocycles. The SMILES string of the molecule is C=C(c1ccc(C)cc1)I1CCCCC[C@H]1C. The van der Waals surface area contributed by atoms with Gasteiger partial charge in [0.1, 0.15) is 0 Å². The second-order valence-electron chi connectivity index (χ2n) is 4.99. The first-order valence-electron chi connectivity index (χ1n) is 6.58. The van der Waals surface area contributed by atoms with Gasteiger partial charge in [-0.3, -0.25) is 0 Å².